The fourth-order valence-electron chi connectivity index (χ4n) is 3.29. The van der Waals surface area contributed by atoms with Crippen LogP contribution in [0.4, 0.5) is 10.2 Å². The molecule has 0 spiro atoms. The Hall–Kier alpha value is -3.71. The van der Waals surface area contributed by atoms with Crippen molar-refractivity contribution in [2.24, 2.45) is 5.92 Å². The fraction of sp³-hybridized carbons (Fsp3) is 0.304. The van der Waals surface area contributed by atoms with Gasteiger partial charge in [0, 0.05) is 6.54 Å². The minimum Gasteiger partial charge on any atom is -0.382 e. The lowest BCUT2D eigenvalue weighted by molar-refractivity contribution is -0.123. The molecule has 0 aliphatic heterocycles. The number of hydrogen-bond donors (Lipinski definition) is 3. The van der Waals surface area contributed by atoms with Gasteiger partial charge in [0.05, 0.1) is 16.3 Å². The molecule has 1 aromatic carbocycles. The van der Waals surface area contributed by atoms with Gasteiger partial charge in [0.15, 0.2) is 0 Å². The van der Waals surface area contributed by atoms with Crippen LogP contribution < -0.4 is 16.4 Å². The molecular weight excluding hydrogens is 443 g/mol. The Morgan fingerprint density at radius 2 is 2.00 bits per heavy atom. The molecule has 3 aromatic rings. The van der Waals surface area contributed by atoms with E-state index in [0.29, 0.717) is 35.6 Å². The molecule has 1 atom stereocenters. The number of carbonyl (C=O) groups is 2. The van der Waals surface area contributed by atoms with E-state index < -0.39 is 6.04 Å². The first-order chi connectivity index (χ1) is 15.8. The molecule has 0 aliphatic carbocycles. The van der Waals surface area contributed by atoms with E-state index >= 15 is 0 Å². The number of nitrogens with zero attached hydrogens (tertiary/aromatic N) is 3. The highest BCUT2D eigenvalue weighted by atomic mass is 32.1. The summed E-state index contributed by atoms with van der Waals surface area (Å²) in [6.45, 7) is 4.07. The minimum absolute atomic E-state index is 0.0923. The van der Waals surface area contributed by atoms with Crippen molar-refractivity contribution in [3.8, 4) is 11.8 Å². The Kier molecular flexibility index (Phi) is 7.79. The number of anilines is 1. The van der Waals surface area contributed by atoms with Crippen molar-refractivity contribution in [3.63, 3.8) is 0 Å². The third-order valence-corrected chi connectivity index (χ3v) is 5.92. The van der Waals surface area contributed by atoms with Gasteiger partial charge in [-0.3, -0.25) is 9.59 Å². The van der Waals surface area contributed by atoms with Crippen LogP contribution in [0.1, 0.15) is 41.2 Å². The van der Waals surface area contributed by atoms with Gasteiger partial charge in [-0.2, -0.15) is 10.4 Å². The summed E-state index contributed by atoms with van der Waals surface area (Å²) in [4.78, 5) is 25.5. The molecule has 172 valence electrons. The monoisotopic (exact) mass is 468 g/mol. The maximum absolute atomic E-state index is 13.2. The molecule has 0 aliphatic rings. The molecule has 3 rings (SSSR count). The van der Waals surface area contributed by atoms with E-state index in [0.717, 1.165) is 0 Å². The zero-order chi connectivity index (χ0) is 24.0. The number of carbonyl (C=O) groups excluding carboxylic acids is 2. The Morgan fingerprint density at radius 1 is 1.27 bits per heavy atom. The number of aromatic nitrogens is 2. The molecule has 0 fully saturated rings. The molecule has 0 bridgehead atoms. The fourth-order valence-corrected chi connectivity index (χ4v) is 3.91. The average molecular weight is 469 g/mol. The molecule has 33 heavy (non-hydrogen) atoms. The summed E-state index contributed by atoms with van der Waals surface area (Å²) in [7, 11) is 0. The third kappa shape index (κ3) is 5.75. The number of thiophene rings is 1. The number of nitrogens with one attached hydrogen (secondary N) is 2. The first-order valence-corrected chi connectivity index (χ1v) is 11.3. The quantitative estimate of drug-likeness (QED) is 0.416. The number of aryl methyl sites for hydroxylation is 1. The summed E-state index contributed by atoms with van der Waals surface area (Å²) in [5.41, 5.74) is 7.38. The van der Waals surface area contributed by atoms with Crippen LogP contribution in [0.15, 0.2) is 41.8 Å². The normalized spacial score (nSPS) is 11.7. The molecule has 4 N–H and O–H groups in total. The first-order valence-electron chi connectivity index (χ1n) is 10.5. The van der Waals surface area contributed by atoms with Gasteiger partial charge in [-0.05, 0) is 54.5 Å². The number of amides is 2. The lowest BCUT2D eigenvalue weighted by atomic mass is 10.0. The highest BCUT2D eigenvalue weighted by Gasteiger charge is 2.25. The topological polar surface area (TPSA) is 126 Å². The van der Waals surface area contributed by atoms with Gasteiger partial charge in [0.2, 0.25) is 5.91 Å². The van der Waals surface area contributed by atoms with Crippen molar-refractivity contribution >= 4 is 29.0 Å². The Bertz CT molecular complexity index is 1150. The number of nitriles is 1. The van der Waals surface area contributed by atoms with Gasteiger partial charge >= 0.3 is 0 Å². The van der Waals surface area contributed by atoms with E-state index in [9.17, 15) is 19.2 Å². The van der Waals surface area contributed by atoms with Gasteiger partial charge in [-0.25, -0.2) is 9.07 Å². The summed E-state index contributed by atoms with van der Waals surface area (Å²) in [5.74, 6) is -0.845. The zero-order valence-electron chi connectivity index (χ0n) is 18.3. The number of nitrogens with two attached hydrogens (primary N) is 1. The van der Waals surface area contributed by atoms with Crippen molar-refractivity contribution in [2.45, 2.75) is 32.7 Å². The molecule has 0 saturated carbocycles. The molecule has 10 heteroatoms. The summed E-state index contributed by atoms with van der Waals surface area (Å²) in [5, 5.41) is 21.3. The zero-order valence-corrected chi connectivity index (χ0v) is 19.2. The van der Waals surface area contributed by atoms with Crippen LogP contribution in [0.5, 0.6) is 0 Å². The number of nitrogen functional groups attached to an aromatic ring is 1. The third-order valence-electron chi connectivity index (χ3n) is 5.05. The molecule has 0 saturated heterocycles. The predicted octanol–water partition coefficient (Wildman–Crippen LogP) is 3.03. The maximum Gasteiger partial charge on any atom is 0.262 e. The van der Waals surface area contributed by atoms with Crippen LogP contribution in [-0.2, 0) is 11.2 Å². The maximum atomic E-state index is 13.2. The van der Waals surface area contributed by atoms with Crippen molar-refractivity contribution in [1.29, 1.82) is 5.26 Å². The van der Waals surface area contributed by atoms with E-state index in [1.54, 1.807) is 17.5 Å². The molecule has 2 aromatic heterocycles. The number of rotatable bonds is 9. The standard InChI is InChI=1S/C23H25FN6O2S/c1-14(2)20(28-22(31)19-6-4-12-33-19)23(32)27-11-3-5-18-17(13-25)21(26)30(29-18)16-9-7-15(24)8-10-16/h4,6-10,12,14,20H,3,5,11,26H2,1-2H3,(H,27,32)(H,28,31). The van der Waals surface area contributed by atoms with E-state index in [2.05, 4.69) is 21.8 Å². The molecule has 8 nitrogen and oxygen atoms in total. The van der Waals surface area contributed by atoms with Gasteiger partial charge in [-0.1, -0.05) is 19.9 Å². The Labute approximate surface area is 195 Å². The minimum atomic E-state index is -0.664. The van der Waals surface area contributed by atoms with Crippen LogP contribution >= 0.6 is 11.3 Å². The molecular formula is C23H25FN6O2S. The van der Waals surface area contributed by atoms with Crippen LogP contribution in [0, 0.1) is 23.1 Å². The lowest BCUT2D eigenvalue weighted by Gasteiger charge is -2.21. The molecule has 2 amide bonds. The van der Waals surface area contributed by atoms with Gasteiger partial charge < -0.3 is 16.4 Å². The number of benzene rings is 1. The Morgan fingerprint density at radius 3 is 2.61 bits per heavy atom. The van der Waals surface area contributed by atoms with Gasteiger partial charge in [0.25, 0.3) is 5.91 Å². The van der Waals surface area contributed by atoms with Crippen molar-refractivity contribution < 1.29 is 14.0 Å². The second kappa shape index (κ2) is 10.7. The largest absolute Gasteiger partial charge is 0.382 e. The SMILES string of the molecule is CC(C)C(NC(=O)c1cccs1)C(=O)NCCCc1nn(-c2ccc(F)cc2)c(N)c1C#N. The van der Waals surface area contributed by atoms with Crippen molar-refractivity contribution in [1.82, 2.24) is 20.4 Å². The summed E-state index contributed by atoms with van der Waals surface area (Å²) < 4.78 is 14.6. The predicted molar refractivity (Wildman–Crippen MR) is 124 cm³/mol. The number of hydrogen-bond acceptors (Lipinski definition) is 6. The van der Waals surface area contributed by atoms with E-state index in [4.69, 9.17) is 5.73 Å². The van der Waals surface area contributed by atoms with Crippen LogP contribution in [0.3, 0.4) is 0 Å². The molecule has 2 heterocycles. The second-order valence-corrected chi connectivity index (χ2v) is 8.72. The highest BCUT2D eigenvalue weighted by Crippen LogP contribution is 2.21. The molecule has 1 unspecified atom stereocenters. The van der Waals surface area contributed by atoms with E-state index in [1.807, 2.05) is 13.8 Å². The second-order valence-electron chi connectivity index (χ2n) is 7.77. The van der Waals surface area contributed by atoms with Crippen LogP contribution in [-0.4, -0.2) is 34.2 Å². The first kappa shape index (κ1) is 23.9. The Balaban J connectivity index is 1.59. The molecule has 0 radical (unpaired) electrons. The number of halogens is 1. The van der Waals surface area contributed by atoms with E-state index in [-0.39, 0.29) is 34.9 Å². The highest BCUT2D eigenvalue weighted by molar-refractivity contribution is 7.12. The van der Waals surface area contributed by atoms with Crippen molar-refractivity contribution in [2.75, 3.05) is 12.3 Å². The van der Waals surface area contributed by atoms with E-state index in [1.165, 1.54) is 40.3 Å². The lowest BCUT2D eigenvalue weighted by Crippen LogP contribution is -2.49. The summed E-state index contributed by atoms with van der Waals surface area (Å²) in [6, 6.07) is 10.5. The van der Waals surface area contributed by atoms with Gasteiger partial charge in [0.1, 0.15) is 29.3 Å². The smallest absolute Gasteiger partial charge is 0.262 e. The van der Waals surface area contributed by atoms with Gasteiger partial charge in [-0.15, -0.1) is 11.3 Å². The summed E-state index contributed by atoms with van der Waals surface area (Å²) >= 11 is 1.31. The van der Waals surface area contributed by atoms with Crippen molar-refractivity contribution in [3.05, 3.63) is 63.7 Å². The van der Waals surface area contributed by atoms with Crippen LogP contribution in [0.2, 0.25) is 0 Å². The summed E-state index contributed by atoms with van der Waals surface area (Å²) in [6.07, 6.45) is 0.930. The van der Waals surface area contributed by atoms with Crippen LogP contribution in [0.25, 0.3) is 5.69 Å². The average Bonchev–Trinajstić information content (AvgIpc) is 3.43.